The minimum atomic E-state index is 0.105. The summed E-state index contributed by atoms with van der Waals surface area (Å²) in [7, 11) is 1.53. The highest BCUT2D eigenvalue weighted by Gasteiger charge is 2.13. The average molecular weight is 280 g/mol. The number of nitrogens with zero attached hydrogens (tertiary/aromatic N) is 1. The van der Waals surface area contributed by atoms with Gasteiger partial charge < -0.3 is 14.8 Å². The van der Waals surface area contributed by atoms with Crippen LogP contribution in [0.3, 0.4) is 0 Å². The first kappa shape index (κ1) is 13.2. The number of rotatable bonds is 3. The summed E-state index contributed by atoms with van der Waals surface area (Å²) >= 11 is 0. The van der Waals surface area contributed by atoms with Crippen molar-refractivity contribution in [3.8, 4) is 34.0 Å². The lowest BCUT2D eigenvalue weighted by molar-refractivity contribution is 0.373. The summed E-state index contributed by atoms with van der Waals surface area (Å²) in [6.45, 7) is 2.06. The van der Waals surface area contributed by atoms with E-state index < -0.39 is 0 Å². The Hall–Kier alpha value is -2.75. The molecule has 1 aromatic heterocycles. The maximum atomic E-state index is 9.94. The highest BCUT2D eigenvalue weighted by molar-refractivity contribution is 5.80. The second kappa shape index (κ2) is 5.32. The normalized spacial score (nSPS) is 10.6. The van der Waals surface area contributed by atoms with Crippen molar-refractivity contribution < 1.29 is 9.84 Å². The summed E-state index contributed by atoms with van der Waals surface area (Å²) in [6.07, 6.45) is 1.67. The van der Waals surface area contributed by atoms with Gasteiger partial charge in [-0.05, 0) is 30.7 Å². The second-order valence-corrected chi connectivity index (χ2v) is 4.83. The molecule has 0 spiro atoms. The zero-order chi connectivity index (χ0) is 14.8. The third-order valence-corrected chi connectivity index (χ3v) is 3.51. The van der Waals surface area contributed by atoms with Crippen LogP contribution >= 0.6 is 0 Å². The van der Waals surface area contributed by atoms with Gasteiger partial charge in [0, 0.05) is 11.1 Å². The first-order chi connectivity index (χ1) is 10.2. The van der Waals surface area contributed by atoms with Gasteiger partial charge in [-0.25, -0.2) is 4.98 Å². The number of aromatic nitrogens is 2. The van der Waals surface area contributed by atoms with Crippen LogP contribution in [0.25, 0.3) is 22.5 Å². The number of ether oxygens (including phenoxy) is 1. The maximum absolute atomic E-state index is 9.94. The molecule has 106 valence electrons. The molecule has 0 aliphatic carbocycles. The van der Waals surface area contributed by atoms with Crippen molar-refractivity contribution >= 4 is 0 Å². The van der Waals surface area contributed by atoms with Crippen molar-refractivity contribution in [2.45, 2.75) is 6.92 Å². The molecule has 3 rings (SSSR count). The molecule has 0 aliphatic heterocycles. The lowest BCUT2D eigenvalue weighted by Gasteiger charge is -2.08. The van der Waals surface area contributed by atoms with E-state index in [4.69, 9.17) is 4.74 Å². The van der Waals surface area contributed by atoms with Gasteiger partial charge >= 0.3 is 0 Å². The summed E-state index contributed by atoms with van der Waals surface area (Å²) in [5, 5.41) is 9.94. The van der Waals surface area contributed by atoms with Gasteiger partial charge in [-0.2, -0.15) is 0 Å². The molecule has 0 saturated carbocycles. The van der Waals surface area contributed by atoms with Crippen LogP contribution in [0.5, 0.6) is 11.5 Å². The van der Waals surface area contributed by atoms with Crippen LogP contribution in [-0.4, -0.2) is 22.2 Å². The average Bonchev–Trinajstić information content (AvgIpc) is 2.97. The minimum Gasteiger partial charge on any atom is -0.504 e. The SMILES string of the molecule is COc1ccc(-c2nc[nH]c2-c2ccccc2C)cc1O. The molecule has 4 nitrogen and oxygen atoms in total. The number of aromatic amines is 1. The van der Waals surface area contributed by atoms with Crippen molar-refractivity contribution in [3.63, 3.8) is 0 Å². The van der Waals surface area contributed by atoms with Gasteiger partial charge in [0.05, 0.1) is 24.8 Å². The first-order valence-electron chi connectivity index (χ1n) is 6.67. The van der Waals surface area contributed by atoms with Gasteiger partial charge in [-0.3, -0.25) is 0 Å². The van der Waals surface area contributed by atoms with Gasteiger partial charge in [0.2, 0.25) is 0 Å². The Morgan fingerprint density at radius 1 is 1.14 bits per heavy atom. The van der Waals surface area contributed by atoms with E-state index >= 15 is 0 Å². The van der Waals surface area contributed by atoms with Crippen molar-refractivity contribution in [1.82, 2.24) is 9.97 Å². The lowest BCUT2D eigenvalue weighted by Crippen LogP contribution is -1.88. The number of aryl methyl sites for hydroxylation is 1. The molecule has 21 heavy (non-hydrogen) atoms. The van der Waals surface area contributed by atoms with E-state index in [2.05, 4.69) is 29.0 Å². The number of H-pyrrole nitrogens is 1. The molecule has 3 aromatic rings. The standard InChI is InChI=1S/C17H16N2O2/c1-11-5-3-4-6-13(11)17-16(18-10-19-17)12-7-8-15(21-2)14(20)9-12/h3-10,20H,1-2H3,(H,18,19). The van der Waals surface area contributed by atoms with Crippen LogP contribution in [0.15, 0.2) is 48.8 Å². The van der Waals surface area contributed by atoms with E-state index in [9.17, 15) is 5.11 Å². The highest BCUT2D eigenvalue weighted by Crippen LogP contribution is 2.35. The smallest absolute Gasteiger partial charge is 0.160 e. The van der Waals surface area contributed by atoms with Gasteiger partial charge in [-0.1, -0.05) is 24.3 Å². The zero-order valence-electron chi connectivity index (χ0n) is 11.9. The number of aromatic hydroxyl groups is 1. The number of hydrogen-bond donors (Lipinski definition) is 2. The van der Waals surface area contributed by atoms with E-state index in [0.29, 0.717) is 5.75 Å². The fourth-order valence-electron chi connectivity index (χ4n) is 2.41. The van der Waals surface area contributed by atoms with Crippen LogP contribution in [0.1, 0.15) is 5.56 Å². The number of imidazole rings is 1. The number of phenols is 1. The highest BCUT2D eigenvalue weighted by atomic mass is 16.5. The molecule has 0 fully saturated rings. The van der Waals surface area contributed by atoms with Gasteiger partial charge in [0.15, 0.2) is 11.5 Å². The Kier molecular flexibility index (Phi) is 3.36. The predicted molar refractivity (Wildman–Crippen MR) is 82.4 cm³/mol. The summed E-state index contributed by atoms with van der Waals surface area (Å²) in [5.74, 6) is 0.556. The molecule has 2 aromatic carbocycles. The molecular weight excluding hydrogens is 264 g/mol. The van der Waals surface area contributed by atoms with Crippen LogP contribution in [0, 0.1) is 6.92 Å². The quantitative estimate of drug-likeness (QED) is 0.768. The molecule has 0 amide bonds. The molecule has 1 heterocycles. The molecule has 0 saturated heterocycles. The van der Waals surface area contributed by atoms with Crippen molar-refractivity contribution in [3.05, 3.63) is 54.4 Å². The molecule has 0 aliphatic rings. The monoisotopic (exact) mass is 280 g/mol. The summed E-state index contributed by atoms with van der Waals surface area (Å²) in [5.41, 5.74) is 4.86. The molecule has 2 N–H and O–H groups in total. The Balaban J connectivity index is 2.11. The zero-order valence-corrected chi connectivity index (χ0v) is 11.9. The van der Waals surface area contributed by atoms with Crippen molar-refractivity contribution in [2.75, 3.05) is 7.11 Å². The Labute approximate surface area is 123 Å². The fraction of sp³-hybridized carbons (Fsp3) is 0.118. The molecule has 0 bridgehead atoms. The summed E-state index contributed by atoms with van der Waals surface area (Å²) in [6, 6.07) is 13.4. The van der Waals surface area contributed by atoms with Crippen molar-refractivity contribution in [2.24, 2.45) is 0 Å². The number of methoxy groups -OCH3 is 1. The molecule has 0 atom stereocenters. The number of nitrogens with one attached hydrogen (secondary N) is 1. The molecule has 4 heteroatoms. The van der Waals surface area contributed by atoms with Crippen LogP contribution in [0.4, 0.5) is 0 Å². The maximum Gasteiger partial charge on any atom is 0.160 e. The predicted octanol–water partition coefficient (Wildman–Crippen LogP) is 3.77. The summed E-state index contributed by atoms with van der Waals surface area (Å²) in [4.78, 5) is 7.58. The Morgan fingerprint density at radius 3 is 2.67 bits per heavy atom. The summed E-state index contributed by atoms with van der Waals surface area (Å²) < 4.78 is 5.07. The van der Waals surface area contributed by atoms with Crippen LogP contribution < -0.4 is 4.74 Å². The largest absolute Gasteiger partial charge is 0.504 e. The van der Waals surface area contributed by atoms with E-state index in [-0.39, 0.29) is 5.75 Å². The molecule has 0 unspecified atom stereocenters. The van der Waals surface area contributed by atoms with Gasteiger partial charge in [0.25, 0.3) is 0 Å². The van der Waals surface area contributed by atoms with E-state index in [1.165, 1.54) is 12.7 Å². The molecular formula is C17H16N2O2. The Morgan fingerprint density at radius 2 is 1.95 bits per heavy atom. The third kappa shape index (κ3) is 2.36. The van der Waals surface area contributed by atoms with E-state index in [0.717, 1.165) is 22.5 Å². The number of phenolic OH excluding ortho intramolecular Hbond substituents is 1. The fourth-order valence-corrected chi connectivity index (χ4v) is 2.41. The van der Waals surface area contributed by atoms with Crippen LogP contribution in [0.2, 0.25) is 0 Å². The third-order valence-electron chi connectivity index (χ3n) is 3.51. The van der Waals surface area contributed by atoms with Crippen molar-refractivity contribution in [1.29, 1.82) is 0 Å². The van der Waals surface area contributed by atoms with Crippen LogP contribution in [-0.2, 0) is 0 Å². The minimum absolute atomic E-state index is 0.105. The van der Waals surface area contributed by atoms with E-state index in [1.54, 1.807) is 18.5 Å². The first-order valence-corrected chi connectivity index (χ1v) is 6.67. The van der Waals surface area contributed by atoms with E-state index in [1.807, 2.05) is 18.2 Å². The topological polar surface area (TPSA) is 58.1 Å². The van der Waals surface area contributed by atoms with Gasteiger partial charge in [-0.15, -0.1) is 0 Å². The Bertz CT molecular complexity index is 778. The lowest BCUT2D eigenvalue weighted by atomic mass is 10.0. The van der Waals surface area contributed by atoms with Gasteiger partial charge in [0.1, 0.15) is 0 Å². The number of hydrogen-bond acceptors (Lipinski definition) is 3. The number of benzene rings is 2. The molecule has 0 radical (unpaired) electrons. The second-order valence-electron chi connectivity index (χ2n) is 4.83.